The number of nitrogens with one attached hydrogen (secondary N) is 2. The van der Waals surface area contributed by atoms with Crippen molar-refractivity contribution < 1.29 is 9.18 Å². The van der Waals surface area contributed by atoms with E-state index in [9.17, 15) is 9.18 Å². The molecule has 0 aliphatic heterocycles. The molecule has 0 radical (unpaired) electrons. The van der Waals surface area contributed by atoms with Gasteiger partial charge in [-0.3, -0.25) is 4.79 Å². The van der Waals surface area contributed by atoms with Crippen LogP contribution in [0.25, 0.3) is 0 Å². The summed E-state index contributed by atoms with van der Waals surface area (Å²) in [6.45, 7) is 0. The molecule has 0 bridgehead atoms. The lowest BCUT2D eigenvalue weighted by molar-refractivity contribution is 0.102. The number of amides is 1. The lowest BCUT2D eigenvalue weighted by atomic mass is 10.2. The van der Waals surface area contributed by atoms with Gasteiger partial charge in [0.2, 0.25) is 0 Å². The summed E-state index contributed by atoms with van der Waals surface area (Å²) in [7, 11) is 1.53. The van der Waals surface area contributed by atoms with Crippen molar-refractivity contribution in [3.05, 3.63) is 51.3 Å². The van der Waals surface area contributed by atoms with Crippen LogP contribution in [0.1, 0.15) is 10.4 Å². The number of hydrogen-bond donors (Lipinski definition) is 2. The summed E-state index contributed by atoms with van der Waals surface area (Å²) < 4.78 is 14.6. The molecule has 0 unspecified atom stereocenters. The van der Waals surface area contributed by atoms with Crippen molar-refractivity contribution in [2.45, 2.75) is 0 Å². The normalized spacial score (nSPS) is 10.2. The Morgan fingerprint density at radius 3 is 2.80 bits per heavy atom. The summed E-state index contributed by atoms with van der Waals surface area (Å²) in [6.07, 6.45) is 1.36. The van der Waals surface area contributed by atoms with E-state index >= 15 is 0 Å². The summed E-state index contributed by atoms with van der Waals surface area (Å²) in [5, 5.41) is 5.70. The third-order valence-corrected chi connectivity index (χ3v) is 3.76. The standard InChI is InChI=1S/C13H10BrClFN3O/c1-17-12-11(16)8(4-5-18-12)13(20)19-7-2-3-10(15)9(14)6-7/h2-6H,1H3,(H,17,18)(H,19,20). The SMILES string of the molecule is CNc1nccc(C(=O)Nc2ccc(Cl)c(Br)c2)c1F. The van der Waals surface area contributed by atoms with E-state index < -0.39 is 11.7 Å². The highest BCUT2D eigenvalue weighted by atomic mass is 79.9. The Morgan fingerprint density at radius 2 is 2.15 bits per heavy atom. The van der Waals surface area contributed by atoms with Crippen molar-refractivity contribution >= 4 is 44.9 Å². The number of carbonyl (C=O) groups excluding carboxylic acids is 1. The van der Waals surface area contributed by atoms with E-state index in [0.717, 1.165) is 0 Å². The van der Waals surface area contributed by atoms with E-state index in [1.807, 2.05) is 0 Å². The van der Waals surface area contributed by atoms with Crippen LogP contribution in [0, 0.1) is 5.82 Å². The van der Waals surface area contributed by atoms with Gasteiger partial charge in [0.15, 0.2) is 11.6 Å². The van der Waals surface area contributed by atoms with Crippen molar-refractivity contribution in [1.82, 2.24) is 4.98 Å². The molecule has 1 heterocycles. The molecule has 7 heteroatoms. The molecule has 2 N–H and O–H groups in total. The van der Waals surface area contributed by atoms with Crippen LogP contribution < -0.4 is 10.6 Å². The minimum atomic E-state index is -0.694. The Labute approximate surface area is 128 Å². The molecule has 0 atom stereocenters. The van der Waals surface area contributed by atoms with Gasteiger partial charge < -0.3 is 10.6 Å². The van der Waals surface area contributed by atoms with Crippen molar-refractivity contribution in [2.24, 2.45) is 0 Å². The molecule has 0 saturated carbocycles. The Balaban J connectivity index is 2.26. The van der Waals surface area contributed by atoms with E-state index in [4.69, 9.17) is 11.6 Å². The summed E-state index contributed by atoms with van der Waals surface area (Å²) in [5.41, 5.74) is 0.420. The molecule has 104 valence electrons. The number of carbonyl (C=O) groups is 1. The van der Waals surface area contributed by atoms with Gasteiger partial charge in [-0.25, -0.2) is 9.37 Å². The third kappa shape index (κ3) is 3.08. The van der Waals surface area contributed by atoms with Crippen molar-refractivity contribution in [3.63, 3.8) is 0 Å². The molecular formula is C13H10BrClFN3O. The van der Waals surface area contributed by atoms with E-state index in [-0.39, 0.29) is 11.4 Å². The van der Waals surface area contributed by atoms with Crippen molar-refractivity contribution in [3.8, 4) is 0 Å². The number of nitrogens with zero attached hydrogens (tertiary/aromatic N) is 1. The summed E-state index contributed by atoms with van der Waals surface area (Å²) >= 11 is 9.12. The van der Waals surface area contributed by atoms with Gasteiger partial charge in [-0.2, -0.15) is 0 Å². The number of rotatable bonds is 3. The highest BCUT2D eigenvalue weighted by Gasteiger charge is 2.15. The Hall–Kier alpha value is -1.66. The fourth-order valence-corrected chi connectivity index (χ4v) is 2.06. The average Bonchev–Trinajstić information content (AvgIpc) is 2.43. The van der Waals surface area contributed by atoms with E-state index in [1.165, 1.54) is 19.3 Å². The maximum absolute atomic E-state index is 14.0. The molecule has 2 aromatic rings. The van der Waals surface area contributed by atoms with E-state index in [1.54, 1.807) is 18.2 Å². The van der Waals surface area contributed by atoms with Crippen LogP contribution in [0.2, 0.25) is 5.02 Å². The third-order valence-electron chi connectivity index (χ3n) is 2.55. The van der Waals surface area contributed by atoms with Gasteiger partial charge in [0.05, 0.1) is 10.6 Å². The fourth-order valence-electron chi connectivity index (χ4n) is 1.57. The van der Waals surface area contributed by atoms with Crippen LogP contribution in [0.4, 0.5) is 15.9 Å². The minimum Gasteiger partial charge on any atom is -0.371 e. The molecule has 1 aromatic carbocycles. The van der Waals surface area contributed by atoms with E-state index in [0.29, 0.717) is 15.2 Å². The second-order valence-corrected chi connectivity index (χ2v) is 5.12. The molecule has 1 amide bonds. The summed E-state index contributed by atoms with van der Waals surface area (Å²) in [4.78, 5) is 15.8. The molecule has 1 aromatic heterocycles. The lowest BCUT2D eigenvalue weighted by Gasteiger charge is -2.09. The van der Waals surface area contributed by atoms with Gasteiger partial charge in [-0.1, -0.05) is 11.6 Å². The zero-order valence-corrected chi connectivity index (χ0v) is 12.7. The molecule has 2 rings (SSSR count). The van der Waals surface area contributed by atoms with Gasteiger partial charge in [0.25, 0.3) is 5.91 Å². The highest BCUT2D eigenvalue weighted by Crippen LogP contribution is 2.26. The predicted molar refractivity (Wildman–Crippen MR) is 80.8 cm³/mol. The first-order valence-electron chi connectivity index (χ1n) is 5.61. The van der Waals surface area contributed by atoms with Crippen LogP contribution in [0.5, 0.6) is 0 Å². The number of hydrogen-bond acceptors (Lipinski definition) is 3. The van der Waals surface area contributed by atoms with Gasteiger partial charge in [-0.05, 0) is 40.2 Å². The molecule has 0 aliphatic carbocycles. The summed E-state index contributed by atoms with van der Waals surface area (Å²) in [6, 6.07) is 6.21. The number of anilines is 2. The van der Waals surface area contributed by atoms with E-state index in [2.05, 4.69) is 31.5 Å². The van der Waals surface area contributed by atoms with Gasteiger partial charge in [0.1, 0.15) is 0 Å². The van der Waals surface area contributed by atoms with Crippen molar-refractivity contribution in [1.29, 1.82) is 0 Å². The molecular weight excluding hydrogens is 349 g/mol. The number of halogens is 3. The highest BCUT2D eigenvalue weighted by molar-refractivity contribution is 9.10. The largest absolute Gasteiger partial charge is 0.371 e. The second-order valence-electron chi connectivity index (χ2n) is 3.85. The monoisotopic (exact) mass is 357 g/mol. The number of aromatic nitrogens is 1. The molecule has 0 saturated heterocycles. The zero-order valence-electron chi connectivity index (χ0n) is 10.4. The topological polar surface area (TPSA) is 54.0 Å². The first kappa shape index (κ1) is 14.7. The maximum atomic E-state index is 14.0. The van der Waals surface area contributed by atoms with Gasteiger partial charge in [0, 0.05) is 23.4 Å². The maximum Gasteiger partial charge on any atom is 0.258 e. The summed E-state index contributed by atoms with van der Waals surface area (Å²) in [5.74, 6) is -1.23. The zero-order chi connectivity index (χ0) is 14.7. The van der Waals surface area contributed by atoms with Crippen LogP contribution in [-0.2, 0) is 0 Å². The van der Waals surface area contributed by atoms with Crippen LogP contribution >= 0.6 is 27.5 Å². The lowest BCUT2D eigenvalue weighted by Crippen LogP contribution is -2.15. The molecule has 0 spiro atoms. The van der Waals surface area contributed by atoms with Gasteiger partial charge in [-0.15, -0.1) is 0 Å². The minimum absolute atomic E-state index is 0.0231. The predicted octanol–water partition coefficient (Wildman–Crippen LogP) is 3.93. The quantitative estimate of drug-likeness (QED) is 0.874. The second kappa shape index (κ2) is 6.19. The molecule has 20 heavy (non-hydrogen) atoms. The molecule has 4 nitrogen and oxygen atoms in total. The van der Waals surface area contributed by atoms with Crippen LogP contribution in [0.3, 0.4) is 0 Å². The van der Waals surface area contributed by atoms with Crippen LogP contribution in [-0.4, -0.2) is 17.9 Å². The fraction of sp³-hybridized carbons (Fsp3) is 0.0769. The van der Waals surface area contributed by atoms with Crippen molar-refractivity contribution in [2.75, 3.05) is 17.7 Å². The number of pyridine rings is 1. The molecule has 0 fully saturated rings. The Bertz CT molecular complexity index is 666. The first-order valence-corrected chi connectivity index (χ1v) is 6.78. The molecule has 0 aliphatic rings. The Morgan fingerprint density at radius 1 is 1.40 bits per heavy atom. The first-order chi connectivity index (χ1) is 9.52. The van der Waals surface area contributed by atoms with Crippen LogP contribution in [0.15, 0.2) is 34.9 Å². The smallest absolute Gasteiger partial charge is 0.258 e. The Kier molecular flexibility index (Phi) is 4.57. The average molecular weight is 359 g/mol. The number of benzene rings is 1. The van der Waals surface area contributed by atoms with Gasteiger partial charge >= 0.3 is 0 Å².